The van der Waals surface area contributed by atoms with E-state index in [1.807, 2.05) is 0 Å². The SMILES string of the molecule is COc1cc(C(=O)O)cc(Cl)c1OC1(C)CCCCC1. The number of halogens is 1. The van der Waals surface area contributed by atoms with E-state index < -0.39 is 5.97 Å². The van der Waals surface area contributed by atoms with Crippen LogP contribution in [0.25, 0.3) is 0 Å². The van der Waals surface area contributed by atoms with Gasteiger partial charge in [-0.15, -0.1) is 0 Å². The maximum Gasteiger partial charge on any atom is 0.335 e. The molecule has 4 nitrogen and oxygen atoms in total. The van der Waals surface area contributed by atoms with E-state index >= 15 is 0 Å². The van der Waals surface area contributed by atoms with Crippen molar-refractivity contribution in [3.63, 3.8) is 0 Å². The highest BCUT2D eigenvalue weighted by Gasteiger charge is 2.31. The smallest absolute Gasteiger partial charge is 0.335 e. The second-order valence-electron chi connectivity index (χ2n) is 5.41. The van der Waals surface area contributed by atoms with E-state index in [0.717, 1.165) is 25.7 Å². The summed E-state index contributed by atoms with van der Waals surface area (Å²) in [6, 6.07) is 2.84. The molecular weight excluding hydrogens is 280 g/mol. The molecule has 2 rings (SSSR count). The Kier molecular flexibility index (Phi) is 4.43. The summed E-state index contributed by atoms with van der Waals surface area (Å²) in [5.41, 5.74) is -0.173. The first-order valence-corrected chi connectivity index (χ1v) is 7.13. The van der Waals surface area contributed by atoms with Gasteiger partial charge < -0.3 is 14.6 Å². The molecule has 0 radical (unpaired) electrons. The van der Waals surface area contributed by atoms with E-state index in [1.54, 1.807) is 0 Å². The third kappa shape index (κ3) is 3.18. The first-order chi connectivity index (χ1) is 9.45. The molecule has 0 aliphatic heterocycles. The minimum atomic E-state index is -1.04. The number of hydrogen-bond donors (Lipinski definition) is 1. The number of ether oxygens (including phenoxy) is 2. The standard InChI is InChI=1S/C15H19ClO4/c1-15(6-4-3-5-7-15)20-13-11(16)8-10(14(17)18)9-12(13)19-2/h8-9H,3-7H2,1-2H3,(H,17,18). The van der Waals surface area contributed by atoms with Crippen molar-refractivity contribution in [1.29, 1.82) is 0 Å². The van der Waals surface area contributed by atoms with E-state index in [0.29, 0.717) is 11.5 Å². The summed E-state index contributed by atoms with van der Waals surface area (Å²) >= 11 is 6.17. The van der Waals surface area contributed by atoms with Crippen LogP contribution in [0, 0.1) is 0 Å². The Labute approximate surface area is 123 Å². The van der Waals surface area contributed by atoms with E-state index in [9.17, 15) is 4.79 Å². The Hall–Kier alpha value is -1.42. The Morgan fingerprint density at radius 2 is 1.95 bits per heavy atom. The van der Waals surface area contributed by atoms with Crippen molar-refractivity contribution in [2.45, 2.75) is 44.6 Å². The van der Waals surface area contributed by atoms with Gasteiger partial charge in [-0.3, -0.25) is 0 Å². The highest BCUT2D eigenvalue weighted by atomic mass is 35.5. The van der Waals surface area contributed by atoms with Crippen LogP contribution in [-0.4, -0.2) is 23.8 Å². The van der Waals surface area contributed by atoms with Crippen molar-refractivity contribution in [2.75, 3.05) is 7.11 Å². The number of hydrogen-bond acceptors (Lipinski definition) is 3. The molecule has 0 bridgehead atoms. The molecule has 5 heteroatoms. The van der Waals surface area contributed by atoms with Crippen LogP contribution in [0.3, 0.4) is 0 Å². The van der Waals surface area contributed by atoms with Gasteiger partial charge >= 0.3 is 5.97 Å². The Morgan fingerprint density at radius 3 is 2.50 bits per heavy atom. The fourth-order valence-corrected chi connectivity index (χ4v) is 2.84. The van der Waals surface area contributed by atoms with Crippen LogP contribution in [0.15, 0.2) is 12.1 Å². The molecule has 1 aromatic carbocycles. The average molecular weight is 299 g/mol. The summed E-state index contributed by atoms with van der Waals surface area (Å²) in [7, 11) is 1.48. The third-order valence-corrected chi connectivity index (χ3v) is 4.02. The van der Waals surface area contributed by atoms with Gasteiger partial charge in [0, 0.05) is 0 Å². The minimum Gasteiger partial charge on any atom is -0.493 e. The molecule has 0 atom stereocenters. The second kappa shape index (κ2) is 5.92. The number of methoxy groups -OCH3 is 1. The van der Waals surface area contributed by atoms with E-state index in [-0.39, 0.29) is 16.2 Å². The van der Waals surface area contributed by atoms with Crippen LogP contribution in [0.1, 0.15) is 49.4 Å². The largest absolute Gasteiger partial charge is 0.493 e. The fraction of sp³-hybridized carbons (Fsp3) is 0.533. The Balaban J connectivity index is 2.33. The molecule has 1 N–H and O–H groups in total. The highest BCUT2D eigenvalue weighted by Crippen LogP contribution is 2.41. The van der Waals surface area contributed by atoms with Gasteiger partial charge in [0.15, 0.2) is 11.5 Å². The molecule has 1 aliphatic carbocycles. The van der Waals surface area contributed by atoms with Gasteiger partial charge in [0.25, 0.3) is 0 Å². The lowest BCUT2D eigenvalue weighted by Gasteiger charge is -2.35. The molecule has 1 aliphatic rings. The quantitative estimate of drug-likeness (QED) is 0.907. The molecular formula is C15H19ClO4. The first-order valence-electron chi connectivity index (χ1n) is 6.75. The fourth-order valence-electron chi connectivity index (χ4n) is 2.59. The normalized spacial score (nSPS) is 17.6. The Bertz CT molecular complexity index is 507. The monoisotopic (exact) mass is 298 g/mol. The number of aromatic carboxylic acids is 1. The van der Waals surface area contributed by atoms with Gasteiger partial charge in [-0.2, -0.15) is 0 Å². The van der Waals surface area contributed by atoms with Gasteiger partial charge in [0.1, 0.15) is 5.60 Å². The van der Waals surface area contributed by atoms with Crippen molar-refractivity contribution in [2.24, 2.45) is 0 Å². The van der Waals surface area contributed by atoms with E-state index in [2.05, 4.69) is 6.92 Å². The van der Waals surface area contributed by atoms with Crippen LogP contribution < -0.4 is 9.47 Å². The van der Waals surface area contributed by atoms with Gasteiger partial charge in [-0.1, -0.05) is 18.0 Å². The second-order valence-corrected chi connectivity index (χ2v) is 5.81. The van der Waals surface area contributed by atoms with Crippen molar-refractivity contribution in [3.05, 3.63) is 22.7 Å². The zero-order valence-corrected chi connectivity index (χ0v) is 12.5. The summed E-state index contributed by atoms with van der Waals surface area (Å²) in [4.78, 5) is 11.0. The molecule has 20 heavy (non-hydrogen) atoms. The predicted molar refractivity (Wildman–Crippen MR) is 77.1 cm³/mol. The maximum absolute atomic E-state index is 11.0. The molecule has 0 amide bonds. The van der Waals surface area contributed by atoms with E-state index in [4.69, 9.17) is 26.2 Å². The van der Waals surface area contributed by atoms with Gasteiger partial charge in [0.05, 0.1) is 17.7 Å². The minimum absolute atomic E-state index is 0.0907. The number of carbonyl (C=O) groups is 1. The van der Waals surface area contributed by atoms with Crippen LogP contribution in [-0.2, 0) is 0 Å². The zero-order chi connectivity index (χ0) is 14.8. The van der Waals surface area contributed by atoms with Crippen LogP contribution >= 0.6 is 11.6 Å². The van der Waals surface area contributed by atoms with Crippen molar-refractivity contribution in [1.82, 2.24) is 0 Å². The summed E-state index contributed by atoms with van der Waals surface area (Å²) < 4.78 is 11.3. The average Bonchev–Trinajstić information content (AvgIpc) is 2.41. The summed E-state index contributed by atoms with van der Waals surface area (Å²) in [5, 5.41) is 9.31. The molecule has 1 fully saturated rings. The van der Waals surface area contributed by atoms with Crippen LogP contribution in [0.4, 0.5) is 0 Å². The molecule has 110 valence electrons. The van der Waals surface area contributed by atoms with Gasteiger partial charge in [-0.25, -0.2) is 4.79 Å². The van der Waals surface area contributed by atoms with Gasteiger partial charge in [-0.05, 0) is 44.7 Å². The van der Waals surface area contributed by atoms with Crippen molar-refractivity contribution >= 4 is 17.6 Å². The third-order valence-electron chi connectivity index (χ3n) is 3.74. The highest BCUT2D eigenvalue weighted by molar-refractivity contribution is 6.32. The topological polar surface area (TPSA) is 55.8 Å². The predicted octanol–water partition coefficient (Wildman–Crippen LogP) is 4.15. The summed E-state index contributed by atoms with van der Waals surface area (Å²) in [5.74, 6) is -0.245. The molecule has 0 spiro atoms. The molecule has 1 saturated carbocycles. The molecule has 0 saturated heterocycles. The zero-order valence-electron chi connectivity index (χ0n) is 11.7. The van der Waals surface area contributed by atoms with Crippen LogP contribution in [0.2, 0.25) is 5.02 Å². The van der Waals surface area contributed by atoms with Crippen molar-refractivity contribution in [3.8, 4) is 11.5 Å². The lowest BCUT2D eigenvalue weighted by Crippen LogP contribution is -2.34. The maximum atomic E-state index is 11.0. The number of carboxylic acids is 1. The van der Waals surface area contributed by atoms with Crippen molar-refractivity contribution < 1.29 is 19.4 Å². The molecule has 0 unspecified atom stereocenters. The number of benzene rings is 1. The van der Waals surface area contributed by atoms with Crippen LogP contribution in [0.5, 0.6) is 11.5 Å². The summed E-state index contributed by atoms with van der Waals surface area (Å²) in [6.45, 7) is 2.06. The van der Waals surface area contributed by atoms with Gasteiger partial charge in [0.2, 0.25) is 0 Å². The lowest BCUT2D eigenvalue weighted by atomic mass is 9.86. The first kappa shape index (κ1) is 15.0. The lowest BCUT2D eigenvalue weighted by molar-refractivity contribution is 0.0460. The molecule has 0 aromatic heterocycles. The van der Waals surface area contributed by atoms with E-state index in [1.165, 1.54) is 25.7 Å². The molecule has 0 heterocycles. The summed E-state index contributed by atoms with van der Waals surface area (Å²) in [6.07, 6.45) is 5.41. The molecule has 1 aromatic rings. The Morgan fingerprint density at radius 1 is 1.30 bits per heavy atom. The number of carboxylic acid groups (broad SMARTS) is 1. The number of rotatable bonds is 4.